The van der Waals surface area contributed by atoms with E-state index in [4.69, 9.17) is 10.8 Å². The summed E-state index contributed by atoms with van der Waals surface area (Å²) in [6, 6.07) is -0.128. The molecule has 0 aromatic carbocycles. The summed E-state index contributed by atoms with van der Waals surface area (Å²) in [5.74, 6) is -1.68. The number of nitrogens with one attached hydrogen (secondary N) is 1. The molecule has 6 atom stereocenters. The third-order valence-corrected chi connectivity index (χ3v) is 4.12. The first-order valence-electron chi connectivity index (χ1n) is 4.90. The molecule has 5 nitrogen and oxygen atoms in total. The molecule has 0 spiro atoms. The van der Waals surface area contributed by atoms with Crippen LogP contribution in [-0.2, 0) is 9.59 Å². The van der Waals surface area contributed by atoms with Crippen molar-refractivity contribution >= 4 is 11.9 Å². The van der Waals surface area contributed by atoms with Gasteiger partial charge in [-0.1, -0.05) is 0 Å². The van der Waals surface area contributed by atoms with Crippen LogP contribution in [0.5, 0.6) is 0 Å². The van der Waals surface area contributed by atoms with E-state index in [9.17, 15) is 9.59 Å². The molecule has 76 valence electrons. The molecule has 5 heteroatoms. The Hall–Kier alpha value is -1.10. The van der Waals surface area contributed by atoms with E-state index in [0.717, 1.165) is 6.42 Å². The Kier molecular flexibility index (Phi) is 1.34. The minimum absolute atomic E-state index is 0.00792. The summed E-state index contributed by atoms with van der Waals surface area (Å²) in [4.78, 5) is 22.6. The summed E-state index contributed by atoms with van der Waals surface area (Å²) in [7, 11) is 0. The SMILES string of the molecule is N[C@H]1[C@H]2C[C@H]3[C@@H]1NC(=O)[C@@H]3[C@@H]2C(=O)O. The molecule has 4 N–H and O–H groups in total. The molecule has 0 radical (unpaired) electrons. The van der Waals surface area contributed by atoms with Crippen molar-refractivity contribution in [2.45, 2.75) is 18.5 Å². The van der Waals surface area contributed by atoms with Crippen molar-refractivity contribution in [3.05, 3.63) is 0 Å². The Bertz CT molecular complexity index is 330. The van der Waals surface area contributed by atoms with Crippen molar-refractivity contribution in [3.63, 3.8) is 0 Å². The van der Waals surface area contributed by atoms with Gasteiger partial charge in [0.05, 0.1) is 11.8 Å². The van der Waals surface area contributed by atoms with Gasteiger partial charge in [-0.25, -0.2) is 0 Å². The number of hydrogen-bond donors (Lipinski definition) is 3. The Labute approximate surface area is 80.6 Å². The van der Waals surface area contributed by atoms with E-state index in [1.54, 1.807) is 0 Å². The standard InChI is InChI=1S/C9H12N2O3/c10-6-2-1-3-4(5(2)9(13)14)8(12)11-7(3)6/h2-7H,1,10H2,(H,11,12)(H,13,14)/t2-,3+,4-,5+,6-,7-/m0/s1. The van der Waals surface area contributed by atoms with Gasteiger partial charge >= 0.3 is 5.97 Å². The van der Waals surface area contributed by atoms with E-state index in [2.05, 4.69) is 5.32 Å². The lowest BCUT2D eigenvalue weighted by atomic mass is 9.78. The molecule has 1 aliphatic heterocycles. The zero-order valence-corrected chi connectivity index (χ0v) is 7.51. The molecule has 14 heavy (non-hydrogen) atoms. The number of carboxylic acids is 1. The molecule has 3 aliphatic rings. The molecule has 0 unspecified atom stereocenters. The van der Waals surface area contributed by atoms with Gasteiger partial charge in [0.2, 0.25) is 5.91 Å². The summed E-state index contributed by atoms with van der Waals surface area (Å²) in [6.45, 7) is 0. The molecule has 0 aromatic heterocycles. The van der Waals surface area contributed by atoms with Crippen LogP contribution < -0.4 is 11.1 Å². The van der Waals surface area contributed by atoms with Gasteiger partial charge in [0.15, 0.2) is 0 Å². The number of carbonyl (C=O) groups excluding carboxylic acids is 1. The number of amides is 1. The number of aliphatic carboxylic acids is 1. The molecule has 1 amide bonds. The number of nitrogens with two attached hydrogens (primary N) is 1. The normalized spacial score (nSPS) is 53.6. The third-order valence-electron chi connectivity index (χ3n) is 4.12. The maximum atomic E-state index is 11.5. The number of carbonyl (C=O) groups is 2. The zero-order chi connectivity index (χ0) is 10.0. The van der Waals surface area contributed by atoms with E-state index < -0.39 is 11.9 Å². The molecule has 2 bridgehead atoms. The van der Waals surface area contributed by atoms with Crippen molar-refractivity contribution in [2.75, 3.05) is 0 Å². The second-order valence-corrected chi connectivity index (χ2v) is 4.56. The van der Waals surface area contributed by atoms with E-state index in [-0.39, 0.29) is 35.7 Å². The van der Waals surface area contributed by atoms with Crippen LogP contribution in [0.4, 0.5) is 0 Å². The Morgan fingerprint density at radius 2 is 2.21 bits per heavy atom. The molecular weight excluding hydrogens is 184 g/mol. The van der Waals surface area contributed by atoms with Crippen LogP contribution in [0.1, 0.15) is 6.42 Å². The summed E-state index contributed by atoms with van der Waals surface area (Å²) < 4.78 is 0. The van der Waals surface area contributed by atoms with Crippen LogP contribution in [0.2, 0.25) is 0 Å². The van der Waals surface area contributed by atoms with Gasteiger partial charge in [0, 0.05) is 12.1 Å². The predicted octanol–water partition coefficient (Wildman–Crippen LogP) is -1.22. The van der Waals surface area contributed by atoms with Gasteiger partial charge < -0.3 is 16.2 Å². The summed E-state index contributed by atoms with van der Waals surface area (Å²) in [5, 5.41) is 11.9. The second-order valence-electron chi connectivity index (χ2n) is 4.56. The molecule has 3 rings (SSSR count). The zero-order valence-electron chi connectivity index (χ0n) is 7.51. The third kappa shape index (κ3) is 0.706. The number of carboxylic acid groups (broad SMARTS) is 1. The van der Waals surface area contributed by atoms with Crippen LogP contribution in [0.15, 0.2) is 0 Å². The van der Waals surface area contributed by atoms with Gasteiger partial charge in [0.25, 0.3) is 0 Å². The summed E-state index contributed by atoms with van der Waals surface area (Å²) in [5.41, 5.74) is 5.91. The largest absolute Gasteiger partial charge is 0.481 e. The Morgan fingerprint density at radius 3 is 2.86 bits per heavy atom. The van der Waals surface area contributed by atoms with E-state index in [0.29, 0.717) is 0 Å². The number of hydrogen-bond acceptors (Lipinski definition) is 3. The van der Waals surface area contributed by atoms with Crippen molar-refractivity contribution in [3.8, 4) is 0 Å². The maximum absolute atomic E-state index is 11.5. The maximum Gasteiger partial charge on any atom is 0.307 e. The molecule has 0 aromatic rings. The molecule has 2 aliphatic carbocycles. The van der Waals surface area contributed by atoms with Gasteiger partial charge in [-0.05, 0) is 18.3 Å². The molecule has 1 heterocycles. The van der Waals surface area contributed by atoms with Crippen molar-refractivity contribution in [1.82, 2.24) is 5.32 Å². The fourth-order valence-electron chi connectivity index (χ4n) is 3.62. The first-order chi connectivity index (χ1) is 6.61. The molecular formula is C9H12N2O3. The predicted molar refractivity (Wildman–Crippen MR) is 46.1 cm³/mol. The number of fused-ring (bicyclic) bond motifs is 1. The van der Waals surface area contributed by atoms with Crippen molar-refractivity contribution in [1.29, 1.82) is 0 Å². The summed E-state index contributed by atoms with van der Waals surface area (Å²) in [6.07, 6.45) is 0.798. The lowest BCUT2D eigenvalue weighted by molar-refractivity contribution is -0.147. The van der Waals surface area contributed by atoms with Gasteiger partial charge in [0.1, 0.15) is 0 Å². The second kappa shape index (κ2) is 2.28. The highest BCUT2D eigenvalue weighted by Gasteiger charge is 2.65. The van der Waals surface area contributed by atoms with E-state index >= 15 is 0 Å². The van der Waals surface area contributed by atoms with Gasteiger partial charge in [-0.3, -0.25) is 9.59 Å². The van der Waals surface area contributed by atoms with Crippen molar-refractivity contribution < 1.29 is 14.7 Å². The molecule has 3 fully saturated rings. The van der Waals surface area contributed by atoms with E-state index in [1.165, 1.54) is 0 Å². The topological polar surface area (TPSA) is 92.4 Å². The lowest BCUT2D eigenvalue weighted by Gasteiger charge is -2.27. The quantitative estimate of drug-likeness (QED) is 0.490. The minimum atomic E-state index is -0.867. The first kappa shape index (κ1) is 8.23. The fourth-order valence-corrected chi connectivity index (χ4v) is 3.62. The Morgan fingerprint density at radius 1 is 1.50 bits per heavy atom. The fraction of sp³-hybridized carbons (Fsp3) is 0.778. The molecule has 1 saturated heterocycles. The van der Waals surface area contributed by atoms with Crippen molar-refractivity contribution in [2.24, 2.45) is 29.4 Å². The van der Waals surface area contributed by atoms with Crippen LogP contribution in [0.25, 0.3) is 0 Å². The minimum Gasteiger partial charge on any atom is -0.481 e. The highest BCUT2D eigenvalue weighted by atomic mass is 16.4. The smallest absolute Gasteiger partial charge is 0.307 e. The number of rotatable bonds is 1. The lowest BCUT2D eigenvalue weighted by Crippen LogP contribution is -2.47. The first-order valence-corrected chi connectivity index (χ1v) is 4.90. The van der Waals surface area contributed by atoms with E-state index in [1.807, 2.05) is 0 Å². The van der Waals surface area contributed by atoms with Crippen LogP contribution in [0, 0.1) is 23.7 Å². The monoisotopic (exact) mass is 196 g/mol. The summed E-state index contributed by atoms with van der Waals surface area (Å²) >= 11 is 0. The Balaban J connectivity index is 2.04. The van der Waals surface area contributed by atoms with Gasteiger partial charge in [-0.2, -0.15) is 0 Å². The molecule has 2 saturated carbocycles. The van der Waals surface area contributed by atoms with Gasteiger partial charge in [-0.15, -0.1) is 0 Å². The highest BCUT2D eigenvalue weighted by molar-refractivity contribution is 5.89. The average molecular weight is 196 g/mol. The van der Waals surface area contributed by atoms with Crippen LogP contribution in [-0.4, -0.2) is 29.1 Å². The average Bonchev–Trinajstić information content (AvgIpc) is 2.67. The van der Waals surface area contributed by atoms with Crippen LogP contribution >= 0.6 is 0 Å². The highest BCUT2D eigenvalue weighted by Crippen LogP contribution is 2.54. The van der Waals surface area contributed by atoms with Crippen LogP contribution in [0.3, 0.4) is 0 Å².